The second-order valence-electron chi connectivity index (χ2n) is 11.9. The normalized spacial score (nSPS) is 24.4. The van der Waals surface area contributed by atoms with E-state index in [1.165, 1.54) is 33.4 Å². The molecule has 0 N–H and O–H groups in total. The Hall–Kier alpha value is -2.77. The minimum atomic E-state index is -2.99. The van der Waals surface area contributed by atoms with Crippen LogP contribution in [0.15, 0.2) is 108 Å². The fourth-order valence-corrected chi connectivity index (χ4v) is 25.3. The van der Waals surface area contributed by atoms with Crippen LogP contribution in [-0.2, 0) is 20.0 Å². The molecule has 1 fully saturated rings. The van der Waals surface area contributed by atoms with E-state index in [0.29, 0.717) is 7.35 Å². The first-order valence-electron chi connectivity index (χ1n) is 13.8. The Bertz CT molecular complexity index is 1470. The topological polar surface area (TPSA) is 0 Å². The van der Waals surface area contributed by atoms with E-state index in [2.05, 4.69) is 132 Å². The Morgan fingerprint density at radius 3 is 1.43 bits per heavy atom. The molecule has 182 valence electrons. The summed E-state index contributed by atoms with van der Waals surface area (Å²) in [5, 5.41) is 0. The Morgan fingerprint density at radius 2 is 1.03 bits per heavy atom. The summed E-state index contributed by atoms with van der Waals surface area (Å²) in [6, 6.07) is 36.2. The van der Waals surface area contributed by atoms with Gasteiger partial charge in [-0.2, -0.15) is 0 Å². The summed E-state index contributed by atoms with van der Waals surface area (Å²) in [5.41, 5.74) is 15.1. The summed E-state index contributed by atoms with van der Waals surface area (Å²) in [7, 11) is 0. The molecule has 37 heavy (non-hydrogen) atoms. The molecule has 0 amide bonds. The first-order valence-corrected chi connectivity index (χ1v) is 25.1. The summed E-state index contributed by atoms with van der Waals surface area (Å²) in [6.45, 7) is 4.96. The van der Waals surface area contributed by atoms with E-state index in [0.717, 1.165) is 6.42 Å². The van der Waals surface area contributed by atoms with Gasteiger partial charge >= 0.3 is 227 Å². The van der Waals surface area contributed by atoms with Gasteiger partial charge in [0.1, 0.15) is 0 Å². The van der Waals surface area contributed by atoms with Crippen LogP contribution in [0.4, 0.5) is 0 Å². The van der Waals surface area contributed by atoms with Gasteiger partial charge in [-0.15, -0.1) is 0 Å². The Balaban J connectivity index is 1.46. The van der Waals surface area contributed by atoms with E-state index in [4.69, 9.17) is 0 Å². The summed E-state index contributed by atoms with van der Waals surface area (Å²) >= 11 is -2.99. The van der Waals surface area contributed by atoms with Gasteiger partial charge in [-0.05, 0) is 0 Å². The number of benzene rings is 4. The molecule has 7 rings (SSSR count). The van der Waals surface area contributed by atoms with Crippen molar-refractivity contribution in [2.75, 3.05) is 0 Å². The van der Waals surface area contributed by atoms with E-state index >= 15 is 0 Å². The zero-order valence-corrected chi connectivity index (χ0v) is 25.8. The number of hydrogen-bond acceptors (Lipinski definition) is 0. The van der Waals surface area contributed by atoms with Crippen LogP contribution in [0.2, 0.25) is 9.36 Å². The van der Waals surface area contributed by atoms with Crippen molar-refractivity contribution in [3.8, 4) is 22.3 Å². The van der Waals surface area contributed by atoms with Gasteiger partial charge in [0.2, 0.25) is 0 Å². The van der Waals surface area contributed by atoms with Gasteiger partial charge in [-0.3, -0.25) is 0 Å². The van der Waals surface area contributed by atoms with Crippen molar-refractivity contribution >= 4 is 12.2 Å². The molecule has 4 aromatic carbocycles. The predicted octanol–water partition coefficient (Wildman–Crippen LogP) is 10.3. The Morgan fingerprint density at radius 1 is 0.595 bits per heavy atom. The molecule has 0 radical (unpaired) electrons. The summed E-state index contributed by atoms with van der Waals surface area (Å²) in [4.78, 5) is 0. The van der Waals surface area contributed by atoms with Crippen LogP contribution in [0.3, 0.4) is 0 Å². The van der Waals surface area contributed by atoms with Gasteiger partial charge in [-0.25, -0.2) is 0 Å². The zero-order chi connectivity index (χ0) is 25.4. The maximum atomic E-state index is 2.74. The van der Waals surface area contributed by atoms with E-state index in [1.807, 2.05) is 0 Å². The van der Waals surface area contributed by atoms with Crippen molar-refractivity contribution in [2.45, 2.75) is 37.0 Å². The van der Waals surface area contributed by atoms with Crippen LogP contribution in [0.5, 0.6) is 0 Å². The quantitative estimate of drug-likeness (QED) is 0.195. The third-order valence-corrected chi connectivity index (χ3v) is 24.9. The van der Waals surface area contributed by atoms with Gasteiger partial charge in [0, 0.05) is 0 Å². The second-order valence-corrected chi connectivity index (χ2v) is 29.2. The molecule has 3 aliphatic rings. The van der Waals surface area contributed by atoms with Crippen LogP contribution < -0.4 is 0 Å². The van der Waals surface area contributed by atoms with Crippen molar-refractivity contribution in [3.63, 3.8) is 0 Å². The van der Waals surface area contributed by atoms with Gasteiger partial charge in [-0.1, -0.05) is 0 Å². The van der Waals surface area contributed by atoms with Crippen molar-refractivity contribution in [3.05, 3.63) is 130 Å². The molecular weight excluding hydrogens is 611 g/mol. The Kier molecular flexibility index (Phi) is 5.28. The molecule has 4 aromatic rings. The zero-order valence-electron chi connectivity index (χ0n) is 22.3. The average Bonchev–Trinajstić information content (AvgIpc) is 3.54. The Labute approximate surface area is 226 Å². The number of fused-ring (bicyclic) bond motifs is 6. The molecule has 0 spiro atoms. The molecule has 1 heteroatoms. The van der Waals surface area contributed by atoms with Gasteiger partial charge in [0.25, 0.3) is 0 Å². The average molecular weight is 645 g/mol. The minimum absolute atomic E-state index is 0.0881. The van der Waals surface area contributed by atoms with Crippen molar-refractivity contribution < 1.29 is 20.0 Å². The van der Waals surface area contributed by atoms with Crippen LogP contribution in [0.25, 0.3) is 34.4 Å². The maximum absolute atomic E-state index is 2.99. The van der Waals surface area contributed by atoms with E-state index in [9.17, 15) is 0 Å². The number of allylic oxidation sites excluding steroid dienone is 2. The summed E-state index contributed by atoms with van der Waals surface area (Å²) in [5.74, 6) is 0. The van der Waals surface area contributed by atoms with Crippen molar-refractivity contribution in [1.29, 1.82) is 0 Å². The molecule has 2 aliphatic carbocycles. The van der Waals surface area contributed by atoms with Crippen LogP contribution in [-0.4, -0.2) is 0 Å². The number of hydrogen-bond donors (Lipinski definition) is 0. The molecule has 0 saturated carbocycles. The van der Waals surface area contributed by atoms with Crippen LogP contribution >= 0.6 is 0 Å². The molecule has 1 saturated heterocycles. The monoisotopic (exact) mass is 646 g/mol. The van der Waals surface area contributed by atoms with E-state index in [1.54, 1.807) is 22.3 Å². The summed E-state index contributed by atoms with van der Waals surface area (Å²) < 4.78 is 6.75. The SMILES string of the molecule is CCC1(C)C2=Cc3c(-c4ccccc4)cccc3[CH]2[Hf]([CH3])([CH3])[CH]2C1=Cc1c(-c3ccccc3)cccc12. The summed E-state index contributed by atoms with van der Waals surface area (Å²) in [6.07, 6.45) is 6.41. The standard InChI is InChI=1S/C34H28.2CH3.Hf/c1-3-34(2,28-20-26-16-10-18-30(32(26)22-28)24-12-6-4-7-13-24)29-21-27-17-11-19-31(33(27)23-29)25-14-8-5-9-15-25;;;/h4-23H,3H2,1-2H3;2*1H3;. The third-order valence-electron chi connectivity index (χ3n) is 9.76. The first kappa shape index (κ1) is 23.4. The fraction of sp³-hybridized carbons (Fsp3) is 0.222. The van der Waals surface area contributed by atoms with Gasteiger partial charge in [0.15, 0.2) is 0 Å². The first-order chi connectivity index (χ1) is 17.9. The fourth-order valence-electron chi connectivity index (χ4n) is 7.84. The molecule has 2 unspecified atom stereocenters. The van der Waals surface area contributed by atoms with Gasteiger partial charge in [0.05, 0.1) is 0 Å². The predicted molar refractivity (Wildman–Crippen MR) is 155 cm³/mol. The van der Waals surface area contributed by atoms with Crippen LogP contribution in [0, 0.1) is 5.41 Å². The third kappa shape index (κ3) is 3.23. The molecule has 1 heterocycles. The molecule has 0 bridgehead atoms. The second kappa shape index (κ2) is 8.37. The van der Waals surface area contributed by atoms with Crippen molar-refractivity contribution in [1.82, 2.24) is 0 Å². The molecule has 0 nitrogen and oxygen atoms in total. The van der Waals surface area contributed by atoms with E-state index < -0.39 is 20.0 Å². The molecule has 2 atom stereocenters. The molecular formula is C36H34Hf. The van der Waals surface area contributed by atoms with Crippen molar-refractivity contribution in [2.24, 2.45) is 5.41 Å². The molecule has 0 aromatic heterocycles. The van der Waals surface area contributed by atoms with Crippen LogP contribution in [0.1, 0.15) is 49.9 Å². The number of rotatable bonds is 3. The van der Waals surface area contributed by atoms with Gasteiger partial charge < -0.3 is 0 Å². The van der Waals surface area contributed by atoms with E-state index in [-0.39, 0.29) is 5.41 Å². The molecule has 1 aliphatic heterocycles.